The van der Waals surface area contributed by atoms with E-state index in [4.69, 9.17) is 11.6 Å². The minimum Gasteiger partial charge on any atom is -0.368 e. The molecule has 1 aromatic rings. The summed E-state index contributed by atoms with van der Waals surface area (Å²) in [4.78, 5) is 2.48. The Balaban J connectivity index is 2.07. The van der Waals surface area contributed by atoms with Gasteiger partial charge in [0.1, 0.15) is 0 Å². The maximum Gasteiger partial charge on any atom is 0.0642 e. The van der Waals surface area contributed by atoms with Crippen LogP contribution in [0.4, 0.5) is 5.69 Å². The lowest BCUT2D eigenvalue weighted by Gasteiger charge is -2.31. The summed E-state index contributed by atoms with van der Waals surface area (Å²) in [6, 6.07) is 7.22. The number of hydrogen-bond acceptors (Lipinski definition) is 2. The number of nitrogens with one attached hydrogen (secondary N) is 1. The molecule has 1 fully saturated rings. The quantitative estimate of drug-likeness (QED) is 0.739. The third kappa shape index (κ3) is 3.89. The standard InChI is InChI=1S/C17H27ClN2/c1-3-11-19-13-14-9-10-17(16(18)12-14)20(4-2)15-7-5-6-8-15/h9-10,12,15,19H,3-8,11,13H2,1-2H3. The van der Waals surface area contributed by atoms with E-state index in [1.807, 2.05) is 0 Å². The van der Waals surface area contributed by atoms with Gasteiger partial charge in [-0.05, 0) is 50.4 Å². The highest BCUT2D eigenvalue weighted by Crippen LogP contribution is 2.33. The van der Waals surface area contributed by atoms with Crippen molar-refractivity contribution < 1.29 is 0 Å². The number of benzene rings is 1. The smallest absolute Gasteiger partial charge is 0.0642 e. The van der Waals surface area contributed by atoms with Crippen LogP contribution < -0.4 is 10.2 Å². The van der Waals surface area contributed by atoms with E-state index in [0.29, 0.717) is 6.04 Å². The van der Waals surface area contributed by atoms with Crippen molar-refractivity contribution in [1.29, 1.82) is 0 Å². The van der Waals surface area contributed by atoms with Crippen LogP contribution in [0.25, 0.3) is 0 Å². The van der Waals surface area contributed by atoms with Gasteiger partial charge in [-0.1, -0.05) is 37.4 Å². The first kappa shape index (κ1) is 15.7. The summed E-state index contributed by atoms with van der Waals surface area (Å²) in [5.74, 6) is 0. The van der Waals surface area contributed by atoms with Crippen LogP contribution in [0, 0.1) is 0 Å². The SMILES string of the molecule is CCCNCc1ccc(N(CC)C2CCCC2)c(Cl)c1. The Labute approximate surface area is 128 Å². The molecule has 0 aromatic heterocycles. The second kappa shape index (κ2) is 7.90. The van der Waals surface area contributed by atoms with Gasteiger partial charge < -0.3 is 10.2 Å². The molecule has 0 saturated heterocycles. The van der Waals surface area contributed by atoms with Crippen LogP contribution >= 0.6 is 11.6 Å². The van der Waals surface area contributed by atoms with Crippen molar-refractivity contribution in [2.75, 3.05) is 18.0 Å². The zero-order chi connectivity index (χ0) is 14.4. The van der Waals surface area contributed by atoms with Crippen molar-refractivity contribution in [2.45, 2.75) is 58.5 Å². The molecular formula is C17H27ClN2. The molecule has 1 aliphatic carbocycles. The third-order valence-electron chi connectivity index (χ3n) is 4.18. The highest BCUT2D eigenvalue weighted by Gasteiger charge is 2.23. The average Bonchev–Trinajstić information content (AvgIpc) is 2.96. The first-order chi connectivity index (χ1) is 9.76. The van der Waals surface area contributed by atoms with Gasteiger partial charge in [0.15, 0.2) is 0 Å². The molecule has 0 amide bonds. The van der Waals surface area contributed by atoms with Crippen LogP contribution in [0.2, 0.25) is 5.02 Å². The number of halogens is 1. The predicted octanol–water partition coefficient (Wildman–Crippen LogP) is 4.61. The Bertz CT molecular complexity index is 413. The molecule has 1 N–H and O–H groups in total. The minimum atomic E-state index is 0.682. The van der Waals surface area contributed by atoms with Crippen molar-refractivity contribution in [2.24, 2.45) is 0 Å². The monoisotopic (exact) mass is 294 g/mol. The van der Waals surface area contributed by atoms with Crippen LogP contribution in [-0.2, 0) is 6.54 Å². The van der Waals surface area contributed by atoms with E-state index >= 15 is 0 Å². The van der Waals surface area contributed by atoms with Gasteiger partial charge in [-0.3, -0.25) is 0 Å². The zero-order valence-corrected chi connectivity index (χ0v) is 13.5. The Hall–Kier alpha value is -0.730. The first-order valence-electron chi connectivity index (χ1n) is 8.02. The summed E-state index contributed by atoms with van der Waals surface area (Å²) in [5, 5.41) is 4.32. The molecule has 0 heterocycles. The Morgan fingerprint density at radius 1 is 1.25 bits per heavy atom. The summed E-state index contributed by atoms with van der Waals surface area (Å²) in [5.41, 5.74) is 2.48. The van der Waals surface area contributed by atoms with Crippen LogP contribution in [-0.4, -0.2) is 19.1 Å². The molecule has 0 unspecified atom stereocenters. The molecule has 0 spiro atoms. The van der Waals surface area contributed by atoms with Crippen LogP contribution in [0.5, 0.6) is 0 Å². The van der Waals surface area contributed by atoms with E-state index in [1.54, 1.807) is 0 Å². The highest BCUT2D eigenvalue weighted by atomic mass is 35.5. The van der Waals surface area contributed by atoms with Gasteiger partial charge >= 0.3 is 0 Å². The van der Waals surface area contributed by atoms with Gasteiger partial charge in [-0.15, -0.1) is 0 Å². The molecule has 112 valence electrons. The van der Waals surface area contributed by atoms with E-state index in [0.717, 1.165) is 31.1 Å². The molecule has 20 heavy (non-hydrogen) atoms. The van der Waals surface area contributed by atoms with Gasteiger partial charge in [-0.2, -0.15) is 0 Å². The van der Waals surface area contributed by atoms with Crippen LogP contribution in [0.1, 0.15) is 51.5 Å². The van der Waals surface area contributed by atoms with Crippen molar-refractivity contribution in [3.05, 3.63) is 28.8 Å². The van der Waals surface area contributed by atoms with Gasteiger partial charge in [-0.25, -0.2) is 0 Å². The Morgan fingerprint density at radius 3 is 2.60 bits per heavy atom. The lowest BCUT2D eigenvalue weighted by atomic mass is 10.1. The number of rotatable bonds is 7. The second-order valence-electron chi connectivity index (χ2n) is 5.69. The second-order valence-corrected chi connectivity index (χ2v) is 6.09. The topological polar surface area (TPSA) is 15.3 Å². The van der Waals surface area contributed by atoms with E-state index in [-0.39, 0.29) is 0 Å². The molecule has 0 bridgehead atoms. The minimum absolute atomic E-state index is 0.682. The number of nitrogens with zero attached hydrogens (tertiary/aromatic N) is 1. The predicted molar refractivity (Wildman–Crippen MR) is 88.7 cm³/mol. The van der Waals surface area contributed by atoms with Gasteiger partial charge in [0.05, 0.1) is 10.7 Å². The van der Waals surface area contributed by atoms with Gasteiger partial charge in [0, 0.05) is 19.1 Å². The Kier molecular flexibility index (Phi) is 6.18. The Morgan fingerprint density at radius 2 is 2.00 bits per heavy atom. The van der Waals surface area contributed by atoms with Gasteiger partial charge in [0.2, 0.25) is 0 Å². The third-order valence-corrected chi connectivity index (χ3v) is 4.49. The summed E-state index contributed by atoms with van der Waals surface area (Å²) in [7, 11) is 0. The molecule has 0 aliphatic heterocycles. The lowest BCUT2D eigenvalue weighted by molar-refractivity contribution is 0.619. The molecular weight excluding hydrogens is 268 g/mol. The lowest BCUT2D eigenvalue weighted by Crippen LogP contribution is -2.33. The maximum atomic E-state index is 6.52. The van der Waals surface area contributed by atoms with Crippen molar-refractivity contribution >= 4 is 17.3 Å². The molecule has 1 saturated carbocycles. The number of anilines is 1. The summed E-state index contributed by atoms with van der Waals surface area (Å²) < 4.78 is 0. The van der Waals surface area contributed by atoms with Crippen molar-refractivity contribution in [3.8, 4) is 0 Å². The molecule has 1 aromatic carbocycles. The van der Waals surface area contributed by atoms with E-state index in [9.17, 15) is 0 Å². The fourth-order valence-corrected chi connectivity index (χ4v) is 3.46. The first-order valence-corrected chi connectivity index (χ1v) is 8.39. The highest BCUT2D eigenvalue weighted by molar-refractivity contribution is 6.33. The fourth-order valence-electron chi connectivity index (χ4n) is 3.14. The van der Waals surface area contributed by atoms with Crippen molar-refractivity contribution in [3.63, 3.8) is 0 Å². The summed E-state index contributed by atoms with van der Waals surface area (Å²) >= 11 is 6.52. The largest absolute Gasteiger partial charge is 0.368 e. The summed E-state index contributed by atoms with van der Waals surface area (Å²) in [6.45, 7) is 7.42. The van der Waals surface area contributed by atoms with Gasteiger partial charge in [0.25, 0.3) is 0 Å². The molecule has 1 aliphatic rings. The molecule has 3 heteroatoms. The van der Waals surface area contributed by atoms with Crippen LogP contribution in [0.15, 0.2) is 18.2 Å². The maximum absolute atomic E-state index is 6.52. The van der Waals surface area contributed by atoms with E-state index in [1.165, 1.54) is 36.9 Å². The van der Waals surface area contributed by atoms with E-state index in [2.05, 4.69) is 42.3 Å². The normalized spacial score (nSPS) is 15.8. The van der Waals surface area contributed by atoms with Crippen molar-refractivity contribution in [1.82, 2.24) is 5.32 Å². The fraction of sp³-hybridized carbons (Fsp3) is 0.647. The van der Waals surface area contributed by atoms with Crippen LogP contribution in [0.3, 0.4) is 0 Å². The molecule has 0 atom stereocenters. The van der Waals surface area contributed by atoms with E-state index < -0.39 is 0 Å². The average molecular weight is 295 g/mol. The zero-order valence-electron chi connectivity index (χ0n) is 12.8. The number of hydrogen-bond donors (Lipinski definition) is 1. The molecule has 0 radical (unpaired) electrons. The summed E-state index contributed by atoms with van der Waals surface area (Å²) in [6.07, 6.45) is 6.50. The molecule has 2 rings (SSSR count). The molecule has 2 nitrogen and oxygen atoms in total.